The summed E-state index contributed by atoms with van der Waals surface area (Å²) in [5.41, 5.74) is 3.26. The van der Waals surface area contributed by atoms with Crippen LogP contribution in [-0.2, 0) is 12.8 Å². The summed E-state index contributed by atoms with van der Waals surface area (Å²) in [6, 6.07) is 7.02. The van der Waals surface area contributed by atoms with E-state index in [1.165, 1.54) is 30.2 Å². The number of halogens is 1. The lowest BCUT2D eigenvalue weighted by Gasteiger charge is -2.38. The van der Waals surface area contributed by atoms with Crippen molar-refractivity contribution in [2.24, 2.45) is 0 Å². The van der Waals surface area contributed by atoms with Gasteiger partial charge in [-0.1, -0.05) is 12.1 Å². The van der Waals surface area contributed by atoms with Crippen molar-refractivity contribution < 1.29 is 4.39 Å². The van der Waals surface area contributed by atoms with Gasteiger partial charge in [0.05, 0.1) is 5.69 Å². The van der Waals surface area contributed by atoms with E-state index < -0.39 is 0 Å². The molecule has 1 aliphatic heterocycles. The summed E-state index contributed by atoms with van der Waals surface area (Å²) >= 11 is 0. The maximum absolute atomic E-state index is 13.9. The molecule has 2 aromatic rings. The Kier molecular flexibility index (Phi) is 3.85. The maximum Gasteiger partial charge on any atom is 0.146 e. The minimum absolute atomic E-state index is 0.139. The summed E-state index contributed by atoms with van der Waals surface area (Å²) in [5.74, 6) is 0.961. The standard InChI is InChI=1S/C18H21FN4/c19-15-6-2-4-8-17(15)22-9-11-23(12-10-22)18-14-5-1-3-7-16(14)20-13-21-18/h2,4,6,8,13H,1,3,5,7,9-12H2. The van der Waals surface area contributed by atoms with Crippen LogP contribution in [0.5, 0.6) is 0 Å². The van der Waals surface area contributed by atoms with Crippen LogP contribution in [0.3, 0.4) is 0 Å². The summed E-state index contributed by atoms with van der Waals surface area (Å²) in [7, 11) is 0. The number of piperazine rings is 1. The number of benzene rings is 1. The average molecular weight is 312 g/mol. The lowest BCUT2D eigenvalue weighted by atomic mass is 9.96. The number of hydrogen-bond acceptors (Lipinski definition) is 4. The van der Waals surface area contributed by atoms with Gasteiger partial charge in [-0.15, -0.1) is 0 Å². The van der Waals surface area contributed by atoms with E-state index in [1.54, 1.807) is 12.4 Å². The van der Waals surface area contributed by atoms with Crippen molar-refractivity contribution in [1.82, 2.24) is 9.97 Å². The molecule has 0 atom stereocenters. The number of fused-ring (bicyclic) bond motifs is 1. The molecule has 1 saturated heterocycles. The zero-order valence-corrected chi connectivity index (χ0v) is 13.2. The molecule has 4 rings (SSSR count). The summed E-state index contributed by atoms with van der Waals surface area (Å²) < 4.78 is 13.9. The van der Waals surface area contributed by atoms with Crippen molar-refractivity contribution >= 4 is 11.5 Å². The number of aromatic nitrogens is 2. The highest BCUT2D eigenvalue weighted by molar-refractivity contribution is 5.53. The van der Waals surface area contributed by atoms with Crippen molar-refractivity contribution in [3.05, 3.63) is 47.7 Å². The predicted molar refractivity (Wildman–Crippen MR) is 89.5 cm³/mol. The lowest BCUT2D eigenvalue weighted by Crippen LogP contribution is -2.47. The molecule has 0 N–H and O–H groups in total. The molecule has 1 aliphatic carbocycles. The van der Waals surface area contributed by atoms with Gasteiger partial charge in [-0.3, -0.25) is 0 Å². The van der Waals surface area contributed by atoms with Crippen LogP contribution in [0.1, 0.15) is 24.1 Å². The molecule has 2 heterocycles. The molecule has 0 radical (unpaired) electrons. The van der Waals surface area contributed by atoms with Crippen molar-refractivity contribution in [3.8, 4) is 0 Å². The third-order valence-corrected chi connectivity index (χ3v) is 4.87. The highest BCUT2D eigenvalue weighted by Gasteiger charge is 2.24. The summed E-state index contributed by atoms with van der Waals surface area (Å²) in [6.45, 7) is 3.38. The van der Waals surface area contributed by atoms with Gasteiger partial charge in [0.2, 0.25) is 0 Å². The SMILES string of the molecule is Fc1ccccc1N1CCN(c2ncnc3c2CCCC3)CC1. The van der Waals surface area contributed by atoms with Crippen LogP contribution in [0.15, 0.2) is 30.6 Å². The van der Waals surface area contributed by atoms with Gasteiger partial charge in [-0.25, -0.2) is 14.4 Å². The molecule has 2 aliphatic rings. The molecule has 0 spiro atoms. The van der Waals surface area contributed by atoms with E-state index in [9.17, 15) is 4.39 Å². The normalized spacial score (nSPS) is 18.0. The largest absolute Gasteiger partial charge is 0.366 e. The third-order valence-electron chi connectivity index (χ3n) is 4.87. The number of hydrogen-bond donors (Lipinski definition) is 0. The van der Waals surface area contributed by atoms with Gasteiger partial charge in [-0.05, 0) is 37.8 Å². The number of rotatable bonds is 2. The van der Waals surface area contributed by atoms with E-state index in [2.05, 4.69) is 19.8 Å². The van der Waals surface area contributed by atoms with E-state index >= 15 is 0 Å². The molecule has 0 bridgehead atoms. The molecule has 0 amide bonds. The number of aryl methyl sites for hydroxylation is 1. The first-order chi connectivity index (χ1) is 11.3. The Balaban J connectivity index is 1.51. The molecule has 1 fully saturated rings. The van der Waals surface area contributed by atoms with Crippen molar-refractivity contribution in [3.63, 3.8) is 0 Å². The van der Waals surface area contributed by atoms with E-state index in [0.717, 1.165) is 44.8 Å². The van der Waals surface area contributed by atoms with Gasteiger partial charge in [0.15, 0.2) is 0 Å². The van der Waals surface area contributed by atoms with Gasteiger partial charge in [0, 0.05) is 37.4 Å². The van der Waals surface area contributed by atoms with Crippen LogP contribution >= 0.6 is 0 Å². The summed E-state index contributed by atoms with van der Waals surface area (Å²) in [5, 5.41) is 0. The van der Waals surface area contributed by atoms with Crippen molar-refractivity contribution in [1.29, 1.82) is 0 Å². The zero-order chi connectivity index (χ0) is 15.6. The Bertz CT molecular complexity index is 695. The fraction of sp³-hybridized carbons (Fsp3) is 0.444. The maximum atomic E-state index is 13.9. The van der Waals surface area contributed by atoms with Crippen molar-refractivity contribution in [2.45, 2.75) is 25.7 Å². The number of anilines is 2. The molecule has 0 saturated carbocycles. The van der Waals surface area contributed by atoms with Gasteiger partial charge < -0.3 is 9.80 Å². The highest BCUT2D eigenvalue weighted by atomic mass is 19.1. The number of nitrogens with zero attached hydrogens (tertiary/aromatic N) is 4. The molecule has 5 heteroatoms. The van der Waals surface area contributed by atoms with Crippen LogP contribution in [-0.4, -0.2) is 36.1 Å². The van der Waals surface area contributed by atoms with Gasteiger partial charge >= 0.3 is 0 Å². The lowest BCUT2D eigenvalue weighted by molar-refractivity contribution is 0.591. The molecule has 1 aromatic heterocycles. The van der Waals surface area contributed by atoms with Gasteiger partial charge in [0.25, 0.3) is 0 Å². The Hall–Kier alpha value is -2.17. The second-order valence-corrected chi connectivity index (χ2v) is 6.26. The molecule has 0 unspecified atom stereocenters. The predicted octanol–water partition coefficient (Wildman–Crippen LogP) is 2.82. The molecule has 120 valence electrons. The fourth-order valence-electron chi connectivity index (χ4n) is 3.64. The summed E-state index contributed by atoms with van der Waals surface area (Å²) in [6.07, 6.45) is 6.30. The van der Waals surface area contributed by atoms with Crippen LogP contribution < -0.4 is 9.80 Å². The topological polar surface area (TPSA) is 32.3 Å². The van der Waals surface area contributed by atoms with Crippen molar-refractivity contribution in [2.75, 3.05) is 36.0 Å². The fourth-order valence-corrected chi connectivity index (χ4v) is 3.64. The monoisotopic (exact) mass is 312 g/mol. The molecular weight excluding hydrogens is 291 g/mol. The molecule has 1 aromatic carbocycles. The minimum Gasteiger partial charge on any atom is -0.366 e. The van der Waals surface area contributed by atoms with E-state index in [-0.39, 0.29) is 5.82 Å². The first-order valence-corrected chi connectivity index (χ1v) is 8.40. The second kappa shape index (κ2) is 6.14. The Morgan fingerprint density at radius 2 is 1.61 bits per heavy atom. The van der Waals surface area contributed by atoms with Crippen LogP contribution in [0.25, 0.3) is 0 Å². The molecule has 23 heavy (non-hydrogen) atoms. The van der Waals surface area contributed by atoms with Crippen LogP contribution in [0, 0.1) is 5.82 Å². The Morgan fingerprint density at radius 1 is 0.870 bits per heavy atom. The Labute approximate surface area is 136 Å². The van der Waals surface area contributed by atoms with Gasteiger partial charge in [-0.2, -0.15) is 0 Å². The smallest absolute Gasteiger partial charge is 0.146 e. The van der Waals surface area contributed by atoms with Crippen LogP contribution in [0.2, 0.25) is 0 Å². The van der Waals surface area contributed by atoms with E-state index in [0.29, 0.717) is 5.69 Å². The first-order valence-electron chi connectivity index (χ1n) is 8.40. The van der Waals surface area contributed by atoms with Gasteiger partial charge in [0.1, 0.15) is 18.0 Å². The van der Waals surface area contributed by atoms with E-state index in [1.807, 2.05) is 12.1 Å². The quantitative estimate of drug-likeness (QED) is 0.853. The second-order valence-electron chi connectivity index (χ2n) is 6.26. The molecule has 4 nitrogen and oxygen atoms in total. The third kappa shape index (κ3) is 2.76. The average Bonchev–Trinajstić information content (AvgIpc) is 2.62. The van der Waals surface area contributed by atoms with E-state index in [4.69, 9.17) is 0 Å². The highest BCUT2D eigenvalue weighted by Crippen LogP contribution is 2.28. The first kappa shape index (κ1) is 14.4. The minimum atomic E-state index is -0.139. The summed E-state index contributed by atoms with van der Waals surface area (Å²) in [4.78, 5) is 13.5. The number of para-hydroxylation sites is 1. The van der Waals surface area contributed by atoms with Crippen LogP contribution in [0.4, 0.5) is 15.9 Å². The Morgan fingerprint density at radius 3 is 2.43 bits per heavy atom. The molecular formula is C18H21FN4. The zero-order valence-electron chi connectivity index (χ0n) is 13.2.